The highest BCUT2D eigenvalue weighted by atomic mass is 35.5. The minimum Gasteiger partial charge on any atom is -0.493 e. The van der Waals surface area contributed by atoms with E-state index < -0.39 is 24.4 Å². The highest BCUT2D eigenvalue weighted by Gasteiger charge is 2.35. The standard InChI is InChI=1S/C24H26ClN3O5/c1-5-15(3)33-22-17(25)10-16(12-20(22)32-4)11-19-23(30)28(24(31)27-19)13-21(29)26-18-9-7-6-8-14(18)2/h6-12,15H,5,13H2,1-4H3,(H,26,29)(H,27,31). The number of carbonyl (C=O) groups excluding carboxylic acids is 3. The number of benzene rings is 2. The van der Waals surface area contributed by atoms with Gasteiger partial charge in [-0.3, -0.25) is 9.59 Å². The Kier molecular flexibility index (Phi) is 7.60. The number of methoxy groups -OCH3 is 1. The molecular formula is C24H26ClN3O5. The Bertz CT molecular complexity index is 1120. The Hall–Kier alpha value is -3.52. The van der Waals surface area contributed by atoms with Crippen molar-refractivity contribution in [1.29, 1.82) is 0 Å². The van der Waals surface area contributed by atoms with Crippen LogP contribution in [0.25, 0.3) is 6.08 Å². The van der Waals surface area contributed by atoms with Crippen LogP contribution in [0.15, 0.2) is 42.1 Å². The van der Waals surface area contributed by atoms with Crippen LogP contribution in [-0.2, 0) is 9.59 Å². The SMILES string of the molecule is CCC(C)Oc1c(Cl)cc(C=C2NC(=O)N(CC(=O)Nc3ccccc3C)C2=O)cc1OC. The lowest BCUT2D eigenvalue weighted by atomic mass is 10.1. The topological polar surface area (TPSA) is 97.0 Å². The van der Waals surface area contributed by atoms with E-state index in [9.17, 15) is 14.4 Å². The molecule has 2 N–H and O–H groups in total. The summed E-state index contributed by atoms with van der Waals surface area (Å²) < 4.78 is 11.2. The molecule has 0 radical (unpaired) electrons. The van der Waals surface area contributed by atoms with Crippen LogP contribution >= 0.6 is 11.6 Å². The third-order valence-electron chi connectivity index (χ3n) is 5.14. The summed E-state index contributed by atoms with van der Waals surface area (Å²) in [5, 5.41) is 5.52. The van der Waals surface area contributed by atoms with Crippen LogP contribution < -0.4 is 20.1 Å². The number of nitrogens with one attached hydrogen (secondary N) is 2. The molecule has 0 spiro atoms. The minimum atomic E-state index is -0.680. The van der Waals surface area contributed by atoms with E-state index in [0.717, 1.165) is 16.9 Å². The lowest BCUT2D eigenvalue weighted by molar-refractivity contribution is -0.127. The van der Waals surface area contributed by atoms with E-state index in [4.69, 9.17) is 21.1 Å². The summed E-state index contributed by atoms with van der Waals surface area (Å²) in [6.45, 7) is 5.35. The zero-order valence-corrected chi connectivity index (χ0v) is 19.7. The van der Waals surface area contributed by atoms with Gasteiger partial charge in [-0.15, -0.1) is 0 Å². The molecule has 0 aliphatic carbocycles. The van der Waals surface area contributed by atoms with Gasteiger partial charge in [-0.05, 0) is 55.7 Å². The number of imide groups is 1. The Labute approximate surface area is 197 Å². The maximum atomic E-state index is 12.8. The number of aryl methyl sites for hydroxylation is 1. The third-order valence-corrected chi connectivity index (χ3v) is 5.42. The first-order valence-electron chi connectivity index (χ1n) is 10.5. The highest BCUT2D eigenvalue weighted by Crippen LogP contribution is 2.38. The van der Waals surface area contributed by atoms with Crippen molar-refractivity contribution >= 4 is 41.2 Å². The van der Waals surface area contributed by atoms with Gasteiger partial charge in [0.25, 0.3) is 5.91 Å². The van der Waals surface area contributed by atoms with E-state index in [1.807, 2.05) is 32.9 Å². The Balaban J connectivity index is 1.77. The van der Waals surface area contributed by atoms with Crippen molar-refractivity contribution in [2.75, 3.05) is 19.0 Å². The Morgan fingerprint density at radius 1 is 1.27 bits per heavy atom. The molecule has 1 fully saturated rings. The fourth-order valence-corrected chi connectivity index (χ4v) is 3.41. The quantitative estimate of drug-likeness (QED) is 0.440. The van der Waals surface area contributed by atoms with E-state index in [1.54, 1.807) is 24.3 Å². The van der Waals surface area contributed by atoms with Gasteiger partial charge in [0, 0.05) is 5.69 Å². The molecule has 8 nitrogen and oxygen atoms in total. The first kappa shape index (κ1) is 24.1. The first-order chi connectivity index (χ1) is 15.7. The van der Waals surface area contributed by atoms with Crippen molar-refractivity contribution in [3.05, 3.63) is 58.2 Å². The monoisotopic (exact) mass is 471 g/mol. The minimum absolute atomic E-state index is 0.0254. The van der Waals surface area contributed by atoms with Crippen LogP contribution in [0.4, 0.5) is 10.5 Å². The number of urea groups is 1. The zero-order valence-electron chi connectivity index (χ0n) is 18.9. The van der Waals surface area contributed by atoms with Crippen LogP contribution in [0.5, 0.6) is 11.5 Å². The van der Waals surface area contributed by atoms with Crippen molar-refractivity contribution in [2.45, 2.75) is 33.3 Å². The number of anilines is 1. The lowest BCUT2D eigenvalue weighted by Crippen LogP contribution is -2.38. The van der Waals surface area contributed by atoms with E-state index in [0.29, 0.717) is 27.8 Å². The van der Waals surface area contributed by atoms with E-state index in [2.05, 4.69) is 10.6 Å². The second kappa shape index (κ2) is 10.4. The molecular weight excluding hydrogens is 446 g/mol. The predicted octanol–water partition coefficient (Wildman–Crippen LogP) is 4.37. The van der Waals surface area contributed by atoms with Gasteiger partial charge >= 0.3 is 6.03 Å². The summed E-state index contributed by atoms with van der Waals surface area (Å²) in [5.41, 5.74) is 2.04. The molecule has 9 heteroatoms. The van der Waals surface area contributed by atoms with Crippen LogP contribution in [0, 0.1) is 6.92 Å². The van der Waals surface area contributed by atoms with Gasteiger partial charge in [0.1, 0.15) is 12.2 Å². The number of halogens is 1. The lowest BCUT2D eigenvalue weighted by Gasteiger charge is -2.17. The van der Waals surface area contributed by atoms with Crippen molar-refractivity contribution < 1.29 is 23.9 Å². The van der Waals surface area contributed by atoms with Gasteiger partial charge in [0.2, 0.25) is 5.91 Å². The number of hydrogen-bond donors (Lipinski definition) is 2. The number of nitrogens with zero attached hydrogens (tertiary/aromatic N) is 1. The van der Waals surface area contributed by atoms with Gasteiger partial charge in [-0.2, -0.15) is 0 Å². The fourth-order valence-electron chi connectivity index (χ4n) is 3.15. The Morgan fingerprint density at radius 2 is 2.00 bits per heavy atom. The van der Waals surface area contributed by atoms with Gasteiger partial charge < -0.3 is 20.1 Å². The summed E-state index contributed by atoms with van der Waals surface area (Å²) in [6.07, 6.45) is 2.20. The molecule has 0 aromatic heterocycles. The third kappa shape index (κ3) is 5.64. The Morgan fingerprint density at radius 3 is 2.67 bits per heavy atom. The molecule has 1 saturated heterocycles. The van der Waals surface area contributed by atoms with Crippen LogP contribution in [-0.4, -0.2) is 42.5 Å². The molecule has 33 heavy (non-hydrogen) atoms. The molecule has 1 aliphatic heterocycles. The molecule has 0 bridgehead atoms. The fraction of sp³-hybridized carbons (Fsp3) is 0.292. The van der Waals surface area contributed by atoms with E-state index in [1.165, 1.54) is 13.2 Å². The molecule has 1 unspecified atom stereocenters. The molecule has 0 saturated carbocycles. The van der Waals surface area contributed by atoms with E-state index >= 15 is 0 Å². The molecule has 2 aromatic rings. The smallest absolute Gasteiger partial charge is 0.329 e. The summed E-state index contributed by atoms with van der Waals surface area (Å²) in [4.78, 5) is 38.4. The van der Waals surface area contributed by atoms with Crippen molar-refractivity contribution in [1.82, 2.24) is 10.2 Å². The molecule has 1 atom stereocenters. The second-order valence-electron chi connectivity index (χ2n) is 7.61. The van der Waals surface area contributed by atoms with Crippen LogP contribution in [0.2, 0.25) is 5.02 Å². The van der Waals surface area contributed by atoms with Crippen molar-refractivity contribution in [2.24, 2.45) is 0 Å². The van der Waals surface area contributed by atoms with Crippen LogP contribution in [0.3, 0.4) is 0 Å². The normalized spacial score (nSPS) is 15.4. The number of carbonyl (C=O) groups is 3. The average Bonchev–Trinajstić information content (AvgIpc) is 3.04. The molecule has 1 heterocycles. The average molecular weight is 472 g/mol. The van der Waals surface area contributed by atoms with Crippen molar-refractivity contribution in [3.63, 3.8) is 0 Å². The van der Waals surface area contributed by atoms with Gasteiger partial charge in [-0.25, -0.2) is 9.69 Å². The zero-order chi connectivity index (χ0) is 24.1. The second-order valence-corrected chi connectivity index (χ2v) is 8.02. The summed E-state index contributed by atoms with van der Waals surface area (Å²) in [6, 6.07) is 9.82. The molecule has 2 aromatic carbocycles. The first-order valence-corrected chi connectivity index (χ1v) is 10.9. The summed E-state index contributed by atoms with van der Waals surface area (Å²) in [7, 11) is 1.49. The maximum absolute atomic E-state index is 12.8. The molecule has 174 valence electrons. The number of ether oxygens (including phenoxy) is 2. The summed E-state index contributed by atoms with van der Waals surface area (Å²) >= 11 is 6.38. The summed E-state index contributed by atoms with van der Waals surface area (Å²) in [5.74, 6) is -0.284. The van der Waals surface area contributed by atoms with Gasteiger partial charge in [0.15, 0.2) is 11.5 Å². The largest absolute Gasteiger partial charge is 0.493 e. The van der Waals surface area contributed by atoms with E-state index in [-0.39, 0.29) is 11.8 Å². The molecule has 1 aliphatic rings. The van der Waals surface area contributed by atoms with Crippen molar-refractivity contribution in [3.8, 4) is 11.5 Å². The maximum Gasteiger partial charge on any atom is 0.329 e. The van der Waals surface area contributed by atoms with Gasteiger partial charge in [0.05, 0.1) is 18.2 Å². The number of rotatable bonds is 8. The van der Waals surface area contributed by atoms with Crippen LogP contribution in [0.1, 0.15) is 31.4 Å². The van der Waals surface area contributed by atoms with Gasteiger partial charge in [-0.1, -0.05) is 36.7 Å². The molecule has 3 rings (SSSR count). The number of para-hydroxylation sites is 1. The predicted molar refractivity (Wildman–Crippen MR) is 126 cm³/mol. The highest BCUT2D eigenvalue weighted by molar-refractivity contribution is 6.32. The molecule has 4 amide bonds. The number of amides is 4. The number of hydrogen-bond acceptors (Lipinski definition) is 5.